The van der Waals surface area contributed by atoms with Crippen molar-refractivity contribution < 1.29 is 26.7 Å². The predicted octanol–water partition coefficient (Wildman–Crippen LogP) is 1.78. The molecule has 1 amide bonds. The second-order valence-electron chi connectivity index (χ2n) is 8.00. The third-order valence-electron chi connectivity index (χ3n) is 5.81. The Balaban J connectivity index is 1.40. The second-order valence-corrected chi connectivity index (χ2v) is 12.4. The summed E-state index contributed by atoms with van der Waals surface area (Å²) in [5.74, 6) is -1.42. The molecule has 1 N–H and O–H groups in total. The van der Waals surface area contributed by atoms with Gasteiger partial charge in [0.15, 0.2) is 9.84 Å². The van der Waals surface area contributed by atoms with Crippen molar-refractivity contribution in [3.05, 3.63) is 53.7 Å². The number of halogens is 1. The van der Waals surface area contributed by atoms with Gasteiger partial charge < -0.3 is 10.0 Å². The lowest BCUT2D eigenvalue weighted by Gasteiger charge is -2.36. The van der Waals surface area contributed by atoms with Crippen molar-refractivity contribution in [3.63, 3.8) is 0 Å². The van der Waals surface area contributed by atoms with Gasteiger partial charge in [0.2, 0.25) is 10.0 Å². The fourth-order valence-corrected chi connectivity index (χ4v) is 7.06. The van der Waals surface area contributed by atoms with Crippen molar-refractivity contribution in [2.45, 2.75) is 29.9 Å². The molecule has 0 aliphatic carbocycles. The Morgan fingerprint density at radius 2 is 1.78 bits per heavy atom. The number of fused-ring (bicyclic) bond motifs is 1. The van der Waals surface area contributed by atoms with E-state index in [-0.39, 0.29) is 29.8 Å². The highest BCUT2D eigenvalue weighted by atomic mass is 35.5. The van der Waals surface area contributed by atoms with Gasteiger partial charge in [0.25, 0.3) is 5.91 Å². The molecule has 0 radical (unpaired) electrons. The van der Waals surface area contributed by atoms with Gasteiger partial charge >= 0.3 is 0 Å². The molecule has 0 saturated carbocycles. The van der Waals surface area contributed by atoms with E-state index in [2.05, 4.69) is 0 Å². The first-order valence-corrected chi connectivity index (χ1v) is 13.8. The molecule has 0 bridgehead atoms. The average molecular weight is 499 g/mol. The number of carbonyl (C=O) groups excluding carboxylic acids is 1. The van der Waals surface area contributed by atoms with Crippen molar-refractivity contribution in [3.8, 4) is 0 Å². The normalized spacial score (nSPS) is 20.1. The summed E-state index contributed by atoms with van der Waals surface area (Å²) in [4.78, 5) is 14.1. The van der Waals surface area contributed by atoms with Crippen LogP contribution >= 0.6 is 11.6 Å². The zero-order chi connectivity index (χ0) is 23.1. The Hall–Kier alpha value is -2.14. The first-order valence-electron chi connectivity index (χ1n) is 10.1. The van der Waals surface area contributed by atoms with E-state index in [1.807, 2.05) is 0 Å². The van der Waals surface area contributed by atoms with E-state index in [1.54, 1.807) is 36.5 Å². The van der Waals surface area contributed by atoms with Crippen LogP contribution in [0.1, 0.15) is 12.8 Å². The van der Waals surface area contributed by atoms with Crippen molar-refractivity contribution in [1.82, 2.24) is 9.21 Å². The summed E-state index contributed by atoms with van der Waals surface area (Å²) in [5, 5.41) is 12.4. The van der Waals surface area contributed by atoms with Crippen molar-refractivity contribution >= 4 is 48.1 Å². The molecule has 2 heterocycles. The average Bonchev–Trinajstić information content (AvgIpc) is 3.11. The van der Waals surface area contributed by atoms with Crippen LogP contribution in [0.5, 0.6) is 0 Å². The van der Waals surface area contributed by atoms with E-state index >= 15 is 0 Å². The number of hydrogen-bond donors (Lipinski definition) is 1. The third-order valence-corrected chi connectivity index (χ3v) is 9.45. The summed E-state index contributed by atoms with van der Waals surface area (Å²) in [7, 11) is -7.24. The fourth-order valence-electron chi connectivity index (χ4n) is 4.11. The third kappa shape index (κ3) is 4.63. The highest BCUT2D eigenvalue weighted by Crippen LogP contribution is 2.25. The van der Waals surface area contributed by atoms with Crippen LogP contribution in [-0.4, -0.2) is 73.8 Å². The van der Waals surface area contributed by atoms with Gasteiger partial charge in [0.1, 0.15) is 6.10 Å². The van der Waals surface area contributed by atoms with Crippen LogP contribution in [0.4, 0.5) is 0 Å². The molecule has 0 aromatic heterocycles. The van der Waals surface area contributed by atoms with Gasteiger partial charge in [-0.2, -0.15) is 0 Å². The number of nitrogens with zero attached hydrogens (tertiary/aromatic N) is 2. The maximum Gasteiger partial charge on any atom is 0.252 e. The number of amides is 1. The van der Waals surface area contributed by atoms with Gasteiger partial charge in [-0.25, -0.2) is 16.8 Å². The molecule has 1 fully saturated rings. The molecule has 1 saturated heterocycles. The lowest BCUT2D eigenvalue weighted by atomic mass is 10.0. The van der Waals surface area contributed by atoms with Gasteiger partial charge in [-0.05, 0) is 47.9 Å². The van der Waals surface area contributed by atoms with Crippen LogP contribution < -0.4 is 0 Å². The van der Waals surface area contributed by atoms with Gasteiger partial charge in [0.05, 0.1) is 16.4 Å². The summed E-state index contributed by atoms with van der Waals surface area (Å²) in [6.45, 7) is 0.494. The van der Waals surface area contributed by atoms with E-state index < -0.39 is 37.6 Å². The summed E-state index contributed by atoms with van der Waals surface area (Å²) in [5.41, 5.74) is 0. The smallest absolute Gasteiger partial charge is 0.252 e. The number of piperidine rings is 1. The summed E-state index contributed by atoms with van der Waals surface area (Å²) in [6, 6.07) is 9.40. The maximum atomic E-state index is 12.8. The van der Waals surface area contributed by atoms with Gasteiger partial charge in [-0.3, -0.25) is 9.10 Å². The van der Waals surface area contributed by atoms with Crippen LogP contribution in [-0.2, 0) is 24.7 Å². The van der Waals surface area contributed by atoms with E-state index in [0.29, 0.717) is 23.3 Å². The molecule has 2 aromatic rings. The van der Waals surface area contributed by atoms with Crippen molar-refractivity contribution in [2.24, 2.45) is 0 Å². The Kier molecular flexibility index (Phi) is 6.23. The number of aliphatic hydroxyl groups excluding tert-OH is 1. The number of rotatable bonds is 5. The molecular weight excluding hydrogens is 476 g/mol. The minimum Gasteiger partial charge on any atom is -0.382 e. The zero-order valence-corrected chi connectivity index (χ0v) is 19.5. The largest absolute Gasteiger partial charge is 0.382 e. The van der Waals surface area contributed by atoms with Crippen LogP contribution in [0.15, 0.2) is 53.6 Å². The number of likely N-dealkylation sites (tertiary alicyclic amines) is 1. The highest BCUT2D eigenvalue weighted by Gasteiger charge is 2.35. The van der Waals surface area contributed by atoms with Crippen LogP contribution in [0.2, 0.25) is 5.02 Å². The molecule has 2 aromatic carbocycles. The summed E-state index contributed by atoms with van der Waals surface area (Å²) >= 11 is 5.96. The minimum atomic E-state index is -3.91. The number of hydrogen-bond acceptors (Lipinski definition) is 6. The Bertz CT molecular complexity index is 1280. The SMILES string of the molecule is O=C([C@H](O)CS(=O)(=O)c1ccc2cc(Cl)ccc2c1)N1CCC(N2C=CCS2(=O)=O)CC1. The zero-order valence-electron chi connectivity index (χ0n) is 17.1. The first-order chi connectivity index (χ1) is 15.1. The standard InChI is InChI=1S/C21H23ClN2O6S2/c22-17-4-2-16-13-19(5-3-15(16)12-17)31(27,28)14-20(25)21(26)23-9-6-18(7-10-23)24-8-1-11-32(24,29)30/h1-5,8,12-13,18,20,25H,6-7,9-11,14H2/t20-/m1/s1. The number of sulfone groups is 1. The fraction of sp³-hybridized carbons (Fsp3) is 0.381. The second kappa shape index (κ2) is 8.66. The van der Waals surface area contributed by atoms with Crippen LogP contribution in [0.3, 0.4) is 0 Å². The number of benzene rings is 2. The lowest BCUT2D eigenvalue weighted by molar-refractivity contribution is -0.140. The van der Waals surface area contributed by atoms with Crippen molar-refractivity contribution in [1.29, 1.82) is 0 Å². The molecule has 0 unspecified atom stereocenters. The maximum absolute atomic E-state index is 12.8. The Morgan fingerprint density at radius 3 is 2.44 bits per heavy atom. The molecule has 172 valence electrons. The molecule has 32 heavy (non-hydrogen) atoms. The van der Waals surface area contributed by atoms with Crippen molar-refractivity contribution in [2.75, 3.05) is 24.6 Å². The quantitative estimate of drug-likeness (QED) is 0.672. The molecular formula is C21H23ClN2O6S2. The van der Waals surface area contributed by atoms with Gasteiger partial charge in [-0.1, -0.05) is 29.8 Å². The molecule has 2 aliphatic rings. The molecule has 8 nitrogen and oxygen atoms in total. The number of carbonyl (C=O) groups is 1. The number of aliphatic hydroxyl groups is 1. The predicted molar refractivity (Wildman–Crippen MR) is 121 cm³/mol. The first kappa shape index (κ1) is 23.0. The van der Waals surface area contributed by atoms with E-state index in [9.17, 15) is 26.7 Å². The summed E-state index contributed by atoms with van der Waals surface area (Å²) < 4.78 is 51.0. The minimum absolute atomic E-state index is 0.0175. The molecule has 1 atom stereocenters. The number of sulfonamides is 1. The van der Waals surface area contributed by atoms with E-state index in [4.69, 9.17) is 11.6 Å². The molecule has 2 aliphatic heterocycles. The van der Waals surface area contributed by atoms with Gasteiger partial charge in [-0.15, -0.1) is 0 Å². The molecule has 0 spiro atoms. The highest BCUT2D eigenvalue weighted by molar-refractivity contribution is 7.91. The monoisotopic (exact) mass is 498 g/mol. The van der Waals surface area contributed by atoms with Crippen LogP contribution in [0.25, 0.3) is 10.8 Å². The van der Waals surface area contributed by atoms with Gasteiger partial charge in [0, 0.05) is 30.4 Å². The summed E-state index contributed by atoms with van der Waals surface area (Å²) in [6.07, 6.45) is 2.27. The molecule has 4 rings (SSSR count). The van der Waals surface area contributed by atoms with Crippen LogP contribution in [0, 0.1) is 0 Å². The van der Waals surface area contributed by atoms with E-state index in [1.165, 1.54) is 21.3 Å². The Labute approximate surface area is 192 Å². The Morgan fingerprint density at radius 1 is 1.12 bits per heavy atom. The van der Waals surface area contributed by atoms with E-state index in [0.717, 1.165) is 5.39 Å². The molecule has 11 heteroatoms. The lowest BCUT2D eigenvalue weighted by Crippen LogP contribution is -2.49. The topological polar surface area (TPSA) is 112 Å².